The summed E-state index contributed by atoms with van der Waals surface area (Å²) in [6.45, 7) is 1.55. The third-order valence-electron chi connectivity index (χ3n) is 3.53. The molecule has 1 saturated heterocycles. The number of halogens is 1. The minimum Gasteiger partial charge on any atom is -0.341 e. The van der Waals surface area contributed by atoms with E-state index in [0.717, 1.165) is 25.3 Å². The minimum atomic E-state index is 0. The lowest BCUT2D eigenvalue weighted by Crippen LogP contribution is -2.35. The van der Waals surface area contributed by atoms with Crippen molar-refractivity contribution in [2.24, 2.45) is 5.73 Å². The van der Waals surface area contributed by atoms with E-state index in [0.29, 0.717) is 0 Å². The normalized spacial score (nSPS) is 25.7. The molecule has 0 bridgehead atoms. The van der Waals surface area contributed by atoms with Gasteiger partial charge in [-0.1, -0.05) is 18.2 Å². The van der Waals surface area contributed by atoms with Crippen LogP contribution in [0.15, 0.2) is 29.2 Å². The molecule has 1 amide bonds. The van der Waals surface area contributed by atoms with Gasteiger partial charge in [0.15, 0.2) is 0 Å². The fourth-order valence-corrected chi connectivity index (χ4v) is 3.80. The maximum Gasteiger partial charge on any atom is 0.231 e. The predicted molar refractivity (Wildman–Crippen MR) is 76.3 cm³/mol. The highest BCUT2D eigenvalue weighted by atomic mass is 35.5. The van der Waals surface area contributed by atoms with Crippen LogP contribution in [-0.2, 0) is 4.79 Å². The molecule has 2 N–H and O–H groups in total. The standard InChI is InChI=1S/C13H16N2OS.ClH/c14-9-5-6-15(7-9)13(16)11-8-17-12-4-2-1-3-10(11)12;/h1-4,9,11H,5-8,14H2;1H/t9-,11?;/m0./s1. The third kappa shape index (κ3) is 2.37. The second-order valence-electron chi connectivity index (χ2n) is 4.73. The van der Waals surface area contributed by atoms with Crippen LogP contribution in [0.1, 0.15) is 17.9 Å². The van der Waals surface area contributed by atoms with Crippen LogP contribution in [0.5, 0.6) is 0 Å². The van der Waals surface area contributed by atoms with Gasteiger partial charge in [-0.25, -0.2) is 0 Å². The van der Waals surface area contributed by atoms with E-state index in [1.165, 1.54) is 10.5 Å². The Labute approximate surface area is 118 Å². The molecule has 1 aromatic carbocycles. The molecule has 2 aliphatic rings. The molecule has 18 heavy (non-hydrogen) atoms. The number of rotatable bonds is 1. The smallest absolute Gasteiger partial charge is 0.231 e. The SMILES string of the molecule is Cl.N[C@H]1CCN(C(=O)C2CSc3ccccc32)C1. The van der Waals surface area contributed by atoms with Crippen molar-refractivity contribution < 1.29 is 4.79 Å². The van der Waals surface area contributed by atoms with Gasteiger partial charge in [0.1, 0.15) is 0 Å². The van der Waals surface area contributed by atoms with E-state index in [1.807, 2.05) is 17.0 Å². The molecule has 0 radical (unpaired) electrons. The van der Waals surface area contributed by atoms with Crippen molar-refractivity contribution in [2.45, 2.75) is 23.3 Å². The number of nitrogens with zero attached hydrogens (tertiary/aromatic N) is 1. The molecule has 0 aliphatic carbocycles. The van der Waals surface area contributed by atoms with E-state index >= 15 is 0 Å². The molecule has 2 atom stereocenters. The van der Waals surface area contributed by atoms with Crippen molar-refractivity contribution in [1.29, 1.82) is 0 Å². The first-order valence-corrected chi connectivity index (χ1v) is 7.00. The minimum absolute atomic E-state index is 0. The van der Waals surface area contributed by atoms with Gasteiger partial charge in [-0.3, -0.25) is 4.79 Å². The van der Waals surface area contributed by atoms with Crippen molar-refractivity contribution in [1.82, 2.24) is 4.90 Å². The molecule has 0 spiro atoms. The van der Waals surface area contributed by atoms with Crippen LogP contribution in [0, 0.1) is 0 Å². The number of thioether (sulfide) groups is 1. The summed E-state index contributed by atoms with van der Waals surface area (Å²) in [4.78, 5) is 15.6. The Morgan fingerprint density at radius 2 is 2.17 bits per heavy atom. The Bertz CT molecular complexity index is 454. The molecule has 2 heterocycles. The molecule has 1 unspecified atom stereocenters. The Balaban J connectivity index is 0.00000120. The number of amides is 1. The Morgan fingerprint density at radius 1 is 1.39 bits per heavy atom. The predicted octanol–water partition coefficient (Wildman–Crippen LogP) is 1.86. The average Bonchev–Trinajstić information content (AvgIpc) is 2.94. The summed E-state index contributed by atoms with van der Waals surface area (Å²) in [6, 6.07) is 8.39. The van der Waals surface area contributed by atoms with Crippen LogP contribution < -0.4 is 5.73 Å². The Hall–Kier alpha value is -0.710. The van der Waals surface area contributed by atoms with E-state index in [2.05, 4.69) is 12.1 Å². The van der Waals surface area contributed by atoms with E-state index in [-0.39, 0.29) is 30.3 Å². The maximum absolute atomic E-state index is 12.4. The van der Waals surface area contributed by atoms with Gasteiger partial charge in [0.05, 0.1) is 5.92 Å². The molecule has 1 fully saturated rings. The lowest BCUT2D eigenvalue weighted by atomic mass is 10.00. The molecule has 3 rings (SSSR count). The van der Waals surface area contributed by atoms with Crippen LogP contribution in [0.25, 0.3) is 0 Å². The average molecular weight is 285 g/mol. The van der Waals surface area contributed by atoms with Gasteiger partial charge < -0.3 is 10.6 Å². The molecule has 0 saturated carbocycles. The lowest BCUT2D eigenvalue weighted by molar-refractivity contribution is -0.131. The number of nitrogens with two attached hydrogens (primary N) is 1. The summed E-state index contributed by atoms with van der Waals surface area (Å²) >= 11 is 1.79. The summed E-state index contributed by atoms with van der Waals surface area (Å²) in [6.07, 6.45) is 0.938. The van der Waals surface area contributed by atoms with E-state index in [1.54, 1.807) is 11.8 Å². The monoisotopic (exact) mass is 284 g/mol. The van der Waals surface area contributed by atoms with Crippen LogP contribution in [0.3, 0.4) is 0 Å². The highest BCUT2D eigenvalue weighted by Crippen LogP contribution is 2.40. The fourth-order valence-electron chi connectivity index (χ4n) is 2.57. The number of fused-ring (bicyclic) bond motifs is 1. The molecule has 1 aromatic rings. The topological polar surface area (TPSA) is 46.3 Å². The zero-order valence-corrected chi connectivity index (χ0v) is 11.7. The number of likely N-dealkylation sites (tertiary alicyclic amines) is 1. The first kappa shape index (κ1) is 13.7. The molecule has 98 valence electrons. The molecule has 5 heteroatoms. The summed E-state index contributed by atoms with van der Waals surface area (Å²) in [5.41, 5.74) is 7.05. The molecule has 3 nitrogen and oxygen atoms in total. The first-order valence-electron chi connectivity index (χ1n) is 6.02. The van der Waals surface area contributed by atoms with Gasteiger partial charge in [0, 0.05) is 29.8 Å². The van der Waals surface area contributed by atoms with Crippen LogP contribution in [-0.4, -0.2) is 35.7 Å². The van der Waals surface area contributed by atoms with Crippen molar-refractivity contribution in [2.75, 3.05) is 18.8 Å². The highest BCUT2D eigenvalue weighted by molar-refractivity contribution is 7.99. The van der Waals surface area contributed by atoms with Gasteiger partial charge in [0.25, 0.3) is 0 Å². The summed E-state index contributed by atoms with van der Waals surface area (Å²) < 4.78 is 0. The molecule has 0 aromatic heterocycles. The van der Waals surface area contributed by atoms with Crippen molar-refractivity contribution >= 4 is 30.1 Å². The number of carbonyl (C=O) groups is 1. The third-order valence-corrected chi connectivity index (χ3v) is 4.72. The van der Waals surface area contributed by atoms with Gasteiger partial charge >= 0.3 is 0 Å². The highest BCUT2D eigenvalue weighted by Gasteiger charge is 2.34. The summed E-state index contributed by atoms with van der Waals surface area (Å²) in [5.74, 6) is 1.18. The van der Waals surface area contributed by atoms with E-state index in [9.17, 15) is 4.79 Å². The molecular weight excluding hydrogens is 268 g/mol. The van der Waals surface area contributed by atoms with Crippen molar-refractivity contribution in [3.63, 3.8) is 0 Å². The largest absolute Gasteiger partial charge is 0.341 e. The van der Waals surface area contributed by atoms with Crippen molar-refractivity contribution in [3.8, 4) is 0 Å². The van der Waals surface area contributed by atoms with Crippen LogP contribution in [0.4, 0.5) is 0 Å². The van der Waals surface area contributed by atoms with Crippen molar-refractivity contribution in [3.05, 3.63) is 29.8 Å². The lowest BCUT2D eigenvalue weighted by Gasteiger charge is -2.20. The number of hydrogen-bond donors (Lipinski definition) is 1. The van der Waals surface area contributed by atoms with Crippen LogP contribution >= 0.6 is 24.2 Å². The quantitative estimate of drug-likeness (QED) is 0.856. The Kier molecular flexibility index (Phi) is 4.20. The zero-order chi connectivity index (χ0) is 11.8. The zero-order valence-electron chi connectivity index (χ0n) is 10.0. The Morgan fingerprint density at radius 3 is 2.89 bits per heavy atom. The maximum atomic E-state index is 12.4. The summed E-state index contributed by atoms with van der Waals surface area (Å²) in [7, 11) is 0. The van der Waals surface area contributed by atoms with Gasteiger partial charge in [0.2, 0.25) is 5.91 Å². The fraction of sp³-hybridized carbons (Fsp3) is 0.462. The second kappa shape index (κ2) is 5.51. The first-order chi connectivity index (χ1) is 8.25. The van der Waals surface area contributed by atoms with E-state index < -0.39 is 0 Å². The van der Waals surface area contributed by atoms with E-state index in [4.69, 9.17) is 5.73 Å². The number of carbonyl (C=O) groups excluding carboxylic acids is 1. The van der Waals surface area contributed by atoms with Gasteiger partial charge in [-0.2, -0.15) is 0 Å². The van der Waals surface area contributed by atoms with Gasteiger partial charge in [-0.05, 0) is 18.1 Å². The van der Waals surface area contributed by atoms with Gasteiger partial charge in [-0.15, -0.1) is 24.2 Å². The molecular formula is C13H17ClN2OS. The molecule has 2 aliphatic heterocycles. The summed E-state index contributed by atoms with van der Waals surface area (Å²) in [5, 5.41) is 0. The number of hydrogen-bond acceptors (Lipinski definition) is 3. The second-order valence-corrected chi connectivity index (χ2v) is 5.80. The number of benzene rings is 1. The van der Waals surface area contributed by atoms with Crippen LogP contribution in [0.2, 0.25) is 0 Å².